The lowest BCUT2D eigenvalue weighted by Gasteiger charge is -2.06. The molecule has 0 aliphatic heterocycles. The van der Waals surface area contributed by atoms with Crippen molar-refractivity contribution >= 4 is 28.2 Å². The fourth-order valence-electron chi connectivity index (χ4n) is 2.93. The zero-order valence-corrected chi connectivity index (χ0v) is 14.8. The highest BCUT2D eigenvalue weighted by atomic mass is 35.5. The van der Waals surface area contributed by atoms with Crippen LogP contribution in [0.2, 0.25) is 5.15 Å². The van der Waals surface area contributed by atoms with Gasteiger partial charge in [0.25, 0.3) is 0 Å². The minimum atomic E-state index is -4.23. The molecule has 4 aromatic rings. The summed E-state index contributed by atoms with van der Waals surface area (Å²) in [6.07, 6.45) is 3.29. The number of imidazole rings is 1. The van der Waals surface area contributed by atoms with Gasteiger partial charge in [-0.3, -0.25) is 4.68 Å². The van der Waals surface area contributed by atoms with Gasteiger partial charge in [-0.05, 0) is 30.9 Å². The topological polar surface area (TPSA) is 48.0 Å². The van der Waals surface area contributed by atoms with Crippen LogP contribution in [0.5, 0.6) is 0 Å². The highest BCUT2D eigenvalue weighted by Gasteiger charge is 2.29. The number of halogens is 4. The van der Waals surface area contributed by atoms with Gasteiger partial charge in [-0.1, -0.05) is 29.8 Å². The zero-order chi connectivity index (χ0) is 19.0. The minimum Gasteiger partial charge on any atom is -0.256 e. The molecule has 0 spiro atoms. The second kappa shape index (κ2) is 6.84. The molecule has 0 bridgehead atoms. The summed E-state index contributed by atoms with van der Waals surface area (Å²) in [6.45, 7) is -1.04. The van der Waals surface area contributed by atoms with Crippen LogP contribution >= 0.6 is 11.6 Å². The summed E-state index contributed by atoms with van der Waals surface area (Å²) < 4.78 is 39.0. The van der Waals surface area contributed by atoms with Gasteiger partial charge in [0.05, 0.1) is 11.7 Å². The van der Waals surface area contributed by atoms with Crippen molar-refractivity contribution in [2.75, 3.05) is 0 Å². The average Bonchev–Trinajstić information content (AvgIpc) is 3.23. The van der Waals surface area contributed by atoms with E-state index in [4.69, 9.17) is 11.6 Å². The second-order valence-electron chi connectivity index (χ2n) is 6.37. The fraction of sp³-hybridized carbons (Fsp3) is 0.278. The zero-order valence-electron chi connectivity index (χ0n) is 14.1. The Hall–Kier alpha value is -2.61. The molecule has 1 aliphatic carbocycles. The van der Waals surface area contributed by atoms with Gasteiger partial charge in [0.1, 0.15) is 11.7 Å². The summed E-state index contributed by atoms with van der Waals surface area (Å²) in [7, 11) is 0. The van der Waals surface area contributed by atoms with Crippen molar-refractivity contribution in [2.45, 2.75) is 31.5 Å². The van der Waals surface area contributed by atoms with Crippen LogP contribution in [0.1, 0.15) is 24.3 Å². The van der Waals surface area contributed by atoms with Gasteiger partial charge < -0.3 is 0 Å². The first kappa shape index (κ1) is 17.8. The first-order valence-electron chi connectivity index (χ1n) is 8.38. The molecule has 0 radical (unpaired) electrons. The van der Waals surface area contributed by atoms with Crippen LogP contribution in [-0.4, -0.2) is 30.6 Å². The van der Waals surface area contributed by atoms with E-state index in [1.807, 2.05) is 12.3 Å². The number of alkyl halides is 3. The van der Waals surface area contributed by atoms with Gasteiger partial charge in [-0.15, -0.1) is 0 Å². The number of hydrogen-bond acceptors (Lipinski definition) is 3. The Morgan fingerprint density at radius 1 is 1.19 bits per heavy atom. The molecule has 1 fully saturated rings. The highest BCUT2D eigenvalue weighted by molar-refractivity contribution is 6.29. The lowest BCUT2D eigenvalue weighted by atomic mass is 10.2. The Morgan fingerprint density at radius 2 is 1.96 bits per heavy atom. The lowest BCUT2D eigenvalue weighted by molar-refractivity contribution is -0.141. The lowest BCUT2D eigenvalue weighted by Crippen LogP contribution is -2.18. The number of aromatic nitrogens is 5. The molecule has 3 aromatic heterocycles. The van der Waals surface area contributed by atoms with E-state index in [-0.39, 0.29) is 0 Å². The van der Waals surface area contributed by atoms with Gasteiger partial charge in [0, 0.05) is 23.3 Å². The van der Waals surface area contributed by atoms with Crippen molar-refractivity contribution in [1.82, 2.24) is 24.4 Å². The van der Waals surface area contributed by atoms with Crippen LogP contribution in [0.4, 0.5) is 13.2 Å². The van der Waals surface area contributed by atoms with Gasteiger partial charge in [0.15, 0.2) is 5.65 Å². The van der Waals surface area contributed by atoms with Crippen molar-refractivity contribution in [1.29, 1.82) is 0 Å². The molecule has 0 saturated heterocycles. The second-order valence-corrected chi connectivity index (χ2v) is 6.76. The predicted octanol–water partition coefficient (Wildman–Crippen LogP) is 4.86. The van der Waals surface area contributed by atoms with E-state index in [0.717, 1.165) is 15.7 Å². The fourth-order valence-corrected chi connectivity index (χ4v) is 3.12. The van der Waals surface area contributed by atoms with E-state index < -0.39 is 12.7 Å². The van der Waals surface area contributed by atoms with Gasteiger partial charge >= 0.3 is 6.18 Å². The Balaban J connectivity index is 0.000000134. The van der Waals surface area contributed by atoms with Crippen molar-refractivity contribution in [3.63, 3.8) is 0 Å². The molecule has 3 heterocycles. The molecule has 0 N–H and O–H groups in total. The summed E-state index contributed by atoms with van der Waals surface area (Å²) in [6, 6.07) is 8.74. The van der Waals surface area contributed by atoms with Crippen molar-refractivity contribution < 1.29 is 13.2 Å². The van der Waals surface area contributed by atoms with Crippen LogP contribution in [0.15, 0.2) is 48.9 Å². The van der Waals surface area contributed by atoms with E-state index in [9.17, 15) is 13.2 Å². The summed E-state index contributed by atoms with van der Waals surface area (Å²) in [4.78, 5) is 4.26. The molecular weight excluding hydrogens is 379 g/mol. The maximum Gasteiger partial charge on any atom is 0.408 e. The first-order chi connectivity index (χ1) is 12.9. The van der Waals surface area contributed by atoms with E-state index >= 15 is 0 Å². The average molecular weight is 394 g/mol. The van der Waals surface area contributed by atoms with E-state index in [1.165, 1.54) is 24.6 Å². The molecule has 5 nitrogen and oxygen atoms in total. The number of benzene rings is 1. The summed E-state index contributed by atoms with van der Waals surface area (Å²) >= 11 is 5.89. The predicted molar refractivity (Wildman–Crippen MR) is 95.8 cm³/mol. The maximum atomic E-state index is 12.1. The molecule has 1 aliphatic rings. The SMILES string of the molecule is Clc1cc(C2CC2)c2nccn2n1.FC(F)(F)Cn1ncc2ccccc21. The van der Waals surface area contributed by atoms with E-state index in [0.29, 0.717) is 16.6 Å². The number of fused-ring (bicyclic) bond motifs is 2. The van der Waals surface area contributed by atoms with Gasteiger partial charge in [-0.2, -0.15) is 23.4 Å². The number of para-hydroxylation sites is 1. The molecule has 1 saturated carbocycles. The van der Waals surface area contributed by atoms with Crippen LogP contribution < -0.4 is 0 Å². The summed E-state index contributed by atoms with van der Waals surface area (Å²) in [5.74, 6) is 0.658. The Labute approximate surface area is 157 Å². The monoisotopic (exact) mass is 393 g/mol. The van der Waals surface area contributed by atoms with Crippen molar-refractivity contribution in [3.8, 4) is 0 Å². The standard InChI is InChI=1S/C9H8ClN3.C9H7F3N2/c10-8-5-7(6-1-2-6)9-11-3-4-13(9)12-8;10-9(11,12)6-14-8-4-2-1-3-7(8)5-13-14/h3-6H,1-2H2;1-5H,6H2. The molecular formula is C18H15ClF3N5. The molecule has 140 valence electrons. The Morgan fingerprint density at radius 3 is 2.70 bits per heavy atom. The molecule has 27 heavy (non-hydrogen) atoms. The van der Waals surface area contributed by atoms with Crippen LogP contribution in [0.3, 0.4) is 0 Å². The molecule has 5 rings (SSSR count). The van der Waals surface area contributed by atoms with Gasteiger partial charge in [0.2, 0.25) is 0 Å². The largest absolute Gasteiger partial charge is 0.408 e. The molecule has 1 aromatic carbocycles. The Bertz CT molecular complexity index is 1080. The van der Waals surface area contributed by atoms with Crippen molar-refractivity contribution in [3.05, 3.63) is 59.6 Å². The maximum absolute atomic E-state index is 12.1. The Kier molecular flexibility index (Phi) is 4.51. The smallest absolute Gasteiger partial charge is 0.256 e. The molecule has 0 atom stereocenters. The normalized spacial score (nSPS) is 14.4. The third-order valence-corrected chi connectivity index (χ3v) is 4.44. The van der Waals surface area contributed by atoms with Crippen molar-refractivity contribution in [2.24, 2.45) is 0 Å². The van der Waals surface area contributed by atoms with Crippen LogP contribution in [0.25, 0.3) is 16.6 Å². The molecule has 0 unspecified atom stereocenters. The molecule has 0 amide bonds. The molecule has 9 heteroatoms. The quantitative estimate of drug-likeness (QED) is 0.488. The number of rotatable bonds is 2. The van der Waals surface area contributed by atoms with E-state index in [2.05, 4.69) is 15.2 Å². The van der Waals surface area contributed by atoms with Gasteiger partial charge in [-0.25, -0.2) is 9.50 Å². The minimum absolute atomic E-state index is 0.504. The van der Waals surface area contributed by atoms with Crippen LogP contribution in [-0.2, 0) is 6.54 Å². The summed E-state index contributed by atoms with van der Waals surface area (Å²) in [5, 5.41) is 9.07. The first-order valence-corrected chi connectivity index (χ1v) is 8.75. The third-order valence-electron chi connectivity index (χ3n) is 4.26. The number of hydrogen-bond donors (Lipinski definition) is 0. The highest BCUT2D eigenvalue weighted by Crippen LogP contribution is 2.41. The van der Waals surface area contributed by atoms with E-state index in [1.54, 1.807) is 35.0 Å². The number of nitrogens with zero attached hydrogens (tertiary/aromatic N) is 5. The van der Waals surface area contributed by atoms with Crippen LogP contribution in [0, 0.1) is 0 Å². The summed E-state index contributed by atoms with van der Waals surface area (Å²) in [5.41, 5.74) is 2.70. The third kappa shape index (κ3) is 4.05.